The zero-order valence-electron chi connectivity index (χ0n) is 13.0. The minimum Gasteiger partial charge on any atom is -0.350 e. The smallest absolute Gasteiger partial charge is 0.251 e. The van der Waals surface area contributed by atoms with Gasteiger partial charge in [-0.15, -0.1) is 11.3 Å². The Morgan fingerprint density at radius 2 is 2.00 bits per heavy atom. The van der Waals surface area contributed by atoms with Gasteiger partial charge in [0.25, 0.3) is 5.91 Å². The van der Waals surface area contributed by atoms with Gasteiger partial charge in [-0.1, -0.05) is 6.07 Å². The molecule has 5 heteroatoms. The van der Waals surface area contributed by atoms with Gasteiger partial charge in [0.15, 0.2) is 0 Å². The van der Waals surface area contributed by atoms with Crippen molar-refractivity contribution >= 4 is 28.8 Å². The average molecular weight is 316 g/mol. The number of benzene rings is 1. The predicted molar refractivity (Wildman–Crippen MR) is 90.4 cm³/mol. The van der Waals surface area contributed by atoms with Crippen LogP contribution in [-0.4, -0.2) is 17.9 Å². The molecule has 0 fully saturated rings. The van der Waals surface area contributed by atoms with Crippen molar-refractivity contribution < 1.29 is 9.59 Å². The number of anilines is 1. The Balaban J connectivity index is 2.03. The lowest BCUT2D eigenvalue weighted by molar-refractivity contribution is -0.115. The van der Waals surface area contributed by atoms with E-state index in [2.05, 4.69) is 10.6 Å². The molecule has 116 valence electrons. The minimum absolute atomic E-state index is 0.0510. The first-order valence-electron chi connectivity index (χ1n) is 7.19. The summed E-state index contributed by atoms with van der Waals surface area (Å²) in [5.41, 5.74) is 2.21. The molecule has 0 spiro atoms. The molecule has 0 aliphatic heterocycles. The van der Waals surface area contributed by atoms with E-state index in [1.54, 1.807) is 29.5 Å². The third kappa shape index (κ3) is 4.43. The summed E-state index contributed by atoms with van der Waals surface area (Å²) in [6.07, 6.45) is 0.368. The van der Waals surface area contributed by atoms with E-state index in [1.165, 1.54) is 0 Å². The normalized spacial score (nSPS) is 10.5. The minimum atomic E-state index is -0.102. The Labute approximate surface area is 134 Å². The van der Waals surface area contributed by atoms with Gasteiger partial charge in [0, 0.05) is 22.2 Å². The summed E-state index contributed by atoms with van der Waals surface area (Å²) in [6, 6.07) is 9.26. The van der Waals surface area contributed by atoms with Gasteiger partial charge in [0.1, 0.15) is 0 Å². The van der Waals surface area contributed by atoms with E-state index in [9.17, 15) is 9.59 Å². The third-order valence-electron chi connectivity index (χ3n) is 3.10. The van der Waals surface area contributed by atoms with Gasteiger partial charge in [0.05, 0.1) is 6.42 Å². The molecule has 1 aromatic heterocycles. The summed E-state index contributed by atoms with van der Waals surface area (Å²) in [6.45, 7) is 5.72. The van der Waals surface area contributed by atoms with E-state index in [-0.39, 0.29) is 17.9 Å². The number of carbonyl (C=O) groups excluding carboxylic acids is 2. The van der Waals surface area contributed by atoms with Crippen LogP contribution in [0.25, 0.3) is 0 Å². The summed E-state index contributed by atoms with van der Waals surface area (Å²) >= 11 is 1.56. The van der Waals surface area contributed by atoms with Crippen LogP contribution in [0.1, 0.15) is 34.6 Å². The van der Waals surface area contributed by atoms with Crippen molar-refractivity contribution in [3.63, 3.8) is 0 Å². The third-order valence-corrected chi connectivity index (χ3v) is 3.97. The fourth-order valence-corrected chi connectivity index (χ4v) is 2.76. The number of thiophene rings is 1. The Morgan fingerprint density at radius 3 is 2.59 bits per heavy atom. The zero-order valence-corrected chi connectivity index (χ0v) is 13.8. The van der Waals surface area contributed by atoms with Crippen molar-refractivity contribution in [2.75, 3.05) is 5.32 Å². The molecule has 0 unspecified atom stereocenters. The van der Waals surface area contributed by atoms with Crippen LogP contribution in [0.3, 0.4) is 0 Å². The highest BCUT2D eigenvalue weighted by atomic mass is 32.1. The molecule has 0 radical (unpaired) electrons. The van der Waals surface area contributed by atoms with Gasteiger partial charge in [-0.2, -0.15) is 0 Å². The molecule has 2 aromatic rings. The maximum absolute atomic E-state index is 12.0. The number of amides is 2. The van der Waals surface area contributed by atoms with Gasteiger partial charge >= 0.3 is 0 Å². The van der Waals surface area contributed by atoms with Crippen molar-refractivity contribution in [1.82, 2.24) is 5.32 Å². The second-order valence-corrected chi connectivity index (χ2v) is 6.49. The molecule has 2 rings (SSSR count). The summed E-state index contributed by atoms with van der Waals surface area (Å²) in [5.74, 6) is -0.153. The molecule has 0 saturated carbocycles. The maximum Gasteiger partial charge on any atom is 0.251 e. The van der Waals surface area contributed by atoms with Gasteiger partial charge in [-0.25, -0.2) is 0 Å². The van der Waals surface area contributed by atoms with Gasteiger partial charge < -0.3 is 10.6 Å². The summed E-state index contributed by atoms with van der Waals surface area (Å²) in [7, 11) is 0. The molecule has 0 atom stereocenters. The summed E-state index contributed by atoms with van der Waals surface area (Å²) < 4.78 is 0. The lowest BCUT2D eigenvalue weighted by Gasteiger charge is -2.12. The Kier molecular flexibility index (Phi) is 5.33. The van der Waals surface area contributed by atoms with Crippen LogP contribution < -0.4 is 10.6 Å². The number of nitrogens with one attached hydrogen (secondary N) is 2. The maximum atomic E-state index is 12.0. The van der Waals surface area contributed by atoms with Crippen molar-refractivity contribution in [2.24, 2.45) is 0 Å². The number of aryl methyl sites for hydroxylation is 1. The molecular weight excluding hydrogens is 296 g/mol. The van der Waals surface area contributed by atoms with Crippen LogP contribution in [0.15, 0.2) is 35.7 Å². The fourth-order valence-electron chi connectivity index (χ4n) is 2.06. The average Bonchev–Trinajstić information content (AvgIpc) is 2.93. The first-order valence-corrected chi connectivity index (χ1v) is 8.07. The van der Waals surface area contributed by atoms with Crippen LogP contribution in [-0.2, 0) is 11.2 Å². The van der Waals surface area contributed by atoms with Crippen LogP contribution >= 0.6 is 11.3 Å². The highest BCUT2D eigenvalue weighted by Gasteiger charge is 2.11. The summed E-state index contributed by atoms with van der Waals surface area (Å²) in [5, 5.41) is 7.70. The second kappa shape index (κ2) is 7.22. The SMILES string of the molecule is Cc1cc(C(=O)NC(C)C)ccc1NC(=O)Cc1cccs1. The zero-order chi connectivity index (χ0) is 16.1. The lowest BCUT2D eigenvalue weighted by atomic mass is 10.1. The molecule has 0 aliphatic rings. The standard InChI is InChI=1S/C17H20N2O2S/c1-11(2)18-17(21)13-6-7-15(12(3)9-13)19-16(20)10-14-5-4-8-22-14/h4-9,11H,10H2,1-3H3,(H,18,21)(H,19,20). The molecule has 1 aromatic carbocycles. The number of carbonyl (C=O) groups is 2. The van der Waals surface area contributed by atoms with Crippen LogP contribution in [0.4, 0.5) is 5.69 Å². The topological polar surface area (TPSA) is 58.2 Å². The molecule has 2 amide bonds. The predicted octanol–water partition coefficient (Wildman–Crippen LogP) is 3.38. The van der Waals surface area contributed by atoms with Crippen LogP contribution in [0.2, 0.25) is 0 Å². The second-order valence-electron chi connectivity index (χ2n) is 5.46. The molecule has 22 heavy (non-hydrogen) atoms. The monoisotopic (exact) mass is 316 g/mol. The quantitative estimate of drug-likeness (QED) is 0.888. The Morgan fingerprint density at radius 1 is 1.23 bits per heavy atom. The molecular formula is C17H20N2O2S. The number of rotatable bonds is 5. The van der Waals surface area contributed by atoms with Crippen molar-refractivity contribution in [3.8, 4) is 0 Å². The van der Waals surface area contributed by atoms with Crippen molar-refractivity contribution in [3.05, 3.63) is 51.7 Å². The molecule has 0 saturated heterocycles. The molecule has 2 N–H and O–H groups in total. The highest BCUT2D eigenvalue weighted by molar-refractivity contribution is 7.10. The first-order chi connectivity index (χ1) is 10.5. The molecule has 4 nitrogen and oxygen atoms in total. The Bertz CT molecular complexity index is 663. The van der Waals surface area contributed by atoms with Crippen LogP contribution in [0, 0.1) is 6.92 Å². The van der Waals surface area contributed by atoms with E-state index in [0.717, 1.165) is 16.1 Å². The number of hydrogen-bond acceptors (Lipinski definition) is 3. The highest BCUT2D eigenvalue weighted by Crippen LogP contribution is 2.18. The van der Waals surface area contributed by atoms with E-state index >= 15 is 0 Å². The van der Waals surface area contributed by atoms with Crippen molar-refractivity contribution in [1.29, 1.82) is 0 Å². The molecule has 0 aliphatic carbocycles. The van der Waals surface area contributed by atoms with Gasteiger partial charge in [0.2, 0.25) is 5.91 Å². The van der Waals surface area contributed by atoms with E-state index in [1.807, 2.05) is 38.3 Å². The largest absolute Gasteiger partial charge is 0.350 e. The number of hydrogen-bond donors (Lipinski definition) is 2. The molecule has 0 bridgehead atoms. The van der Waals surface area contributed by atoms with Gasteiger partial charge in [-0.05, 0) is 56.0 Å². The van der Waals surface area contributed by atoms with Crippen molar-refractivity contribution in [2.45, 2.75) is 33.2 Å². The van der Waals surface area contributed by atoms with E-state index < -0.39 is 0 Å². The first kappa shape index (κ1) is 16.2. The fraction of sp³-hybridized carbons (Fsp3) is 0.294. The summed E-state index contributed by atoms with van der Waals surface area (Å²) in [4.78, 5) is 25.0. The molecule has 1 heterocycles. The van der Waals surface area contributed by atoms with E-state index in [4.69, 9.17) is 0 Å². The Hall–Kier alpha value is -2.14. The van der Waals surface area contributed by atoms with Crippen LogP contribution in [0.5, 0.6) is 0 Å². The lowest BCUT2D eigenvalue weighted by Crippen LogP contribution is -2.30. The van der Waals surface area contributed by atoms with Gasteiger partial charge in [-0.3, -0.25) is 9.59 Å². The van der Waals surface area contributed by atoms with E-state index in [0.29, 0.717) is 12.0 Å².